The predicted octanol–water partition coefficient (Wildman–Crippen LogP) is 6.83. The summed E-state index contributed by atoms with van der Waals surface area (Å²) in [6, 6.07) is 11.0. The third-order valence-corrected chi connectivity index (χ3v) is 8.94. The standard InChI is InChI=1S/C33H35FN4O6.C2H6/c1-19-7-8-24(25(34)15-19)33(3)43-26-6-4-5-23(30(26)44-33)21-9-12-37(13-10-21)18-28-36-20(2)29(38(28)17-22-11-14-41-22)31-35-16-27(42-31)32(39)40;1-2/h4-8,15-16,21-22H,9-14,17-18H2,1-3H3,(H,39,40);1-2H3. The molecule has 0 amide bonds. The largest absolute Gasteiger partial charge is 0.475 e. The van der Waals surface area contributed by atoms with Gasteiger partial charge in [0, 0.05) is 19.1 Å². The second kappa shape index (κ2) is 12.9. The number of benzene rings is 2. The van der Waals surface area contributed by atoms with Crippen LogP contribution < -0.4 is 9.47 Å². The highest BCUT2D eigenvalue weighted by atomic mass is 19.1. The van der Waals surface area contributed by atoms with Crippen molar-refractivity contribution in [2.75, 3.05) is 19.7 Å². The molecule has 0 aliphatic carbocycles. The zero-order chi connectivity index (χ0) is 32.6. The quantitative estimate of drug-likeness (QED) is 0.223. The molecule has 11 heteroatoms. The number of nitrogens with zero attached hydrogens (tertiary/aromatic N) is 4. The summed E-state index contributed by atoms with van der Waals surface area (Å²) in [5, 5.41) is 9.34. The molecule has 3 aliphatic rings. The van der Waals surface area contributed by atoms with Gasteiger partial charge in [-0.25, -0.2) is 19.2 Å². The Bertz CT molecular complexity index is 1720. The van der Waals surface area contributed by atoms with Crippen molar-refractivity contribution in [3.8, 4) is 23.1 Å². The monoisotopic (exact) mass is 632 g/mol. The number of halogens is 1. The molecule has 2 atom stereocenters. The molecule has 3 aliphatic heterocycles. The third-order valence-electron chi connectivity index (χ3n) is 8.94. The van der Waals surface area contributed by atoms with Crippen molar-refractivity contribution in [3.05, 3.63) is 82.4 Å². The minimum atomic E-state index is -1.23. The van der Waals surface area contributed by atoms with Crippen LogP contribution in [0, 0.1) is 19.7 Å². The molecule has 0 bridgehead atoms. The molecule has 2 aromatic heterocycles. The summed E-state index contributed by atoms with van der Waals surface area (Å²) in [6.45, 7) is 13.2. The number of aromatic nitrogens is 3. The fourth-order valence-electron chi connectivity index (χ4n) is 6.50. The van der Waals surface area contributed by atoms with Crippen molar-refractivity contribution in [1.29, 1.82) is 0 Å². The molecule has 1 N–H and O–H groups in total. The lowest BCUT2D eigenvalue weighted by Gasteiger charge is -2.33. The summed E-state index contributed by atoms with van der Waals surface area (Å²) in [6.07, 6.45) is 4.08. The molecule has 4 aromatic rings. The van der Waals surface area contributed by atoms with Gasteiger partial charge in [-0.3, -0.25) is 4.90 Å². The smallest absolute Gasteiger partial charge is 0.373 e. The van der Waals surface area contributed by atoms with E-state index in [0.717, 1.165) is 61.6 Å². The molecule has 46 heavy (non-hydrogen) atoms. The number of carbonyl (C=O) groups is 1. The third kappa shape index (κ3) is 6.01. The molecule has 5 heterocycles. The summed E-state index contributed by atoms with van der Waals surface area (Å²) >= 11 is 0. The van der Waals surface area contributed by atoms with Crippen molar-refractivity contribution < 1.29 is 32.9 Å². The molecule has 10 nitrogen and oxygen atoms in total. The molecule has 244 valence electrons. The summed E-state index contributed by atoms with van der Waals surface area (Å²) in [7, 11) is 0. The number of rotatable bonds is 8. The van der Waals surface area contributed by atoms with Crippen LogP contribution in [0.3, 0.4) is 0 Å². The molecule has 2 aromatic carbocycles. The number of aromatic carboxylic acids is 1. The highest BCUT2D eigenvalue weighted by molar-refractivity contribution is 5.84. The first kappa shape index (κ1) is 31.7. The number of carboxylic acid groups (broad SMARTS) is 1. The van der Waals surface area contributed by atoms with Crippen molar-refractivity contribution in [1.82, 2.24) is 19.4 Å². The molecular formula is C35H41FN4O6. The molecule has 2 saturated heterocycles. The average molecular weight is 633 g/mol. The predicted molar refractivity (Wildman–Crippen MR) is 169 cm³/mol. The van der Waals surface area contributed by atoms with Crippen LogP contribution in [0.2, 0.25) is 0 Å². The number of oxazole rings is 1. The van der Waals surface area contributed by atoms with Crippen molar-refractivity contribution in [3.63, 3.8) is 0 Å². The van der Waals surface area contributed by atoms with E-state index in [4.69, 9.17) is 23.6 Å². The van der Waals surface area contributed by atoms with E-state index in [1.807, 2.05) is 45.9 Å². The maximum Gasteiger partial charge on any atom is 0.373 e. The van der Waals surface area contributed by atoms with Crippen LogP contribution in [0.25, 0.3) is 11.6 Å². The number of likely N-dealkylation sites (tertiary alicyclic amines) is 1. The first-order chi connectivity index (χ1) is 22.2. The fraction of sp³-hybridized carbons (Fsp3) is 0.457. The van der Waals surface area contributed by atoms with Gasteiger partial charge in [-0.05, 0) is 75.9 Å². The van der Waals surface area contributed by atoms with Crippen LogP contribution >= 0.6 is 0 Å². The lowest BCUT2D eigenvalue weighted by atomic mass is 9.88. The maximum atomic E-state index is 14.9. The maximum absolute atomic E-state index is 14.9. The Morgan fingerprint density at radius 3 is 2.52 bits per heavy atom. The van der Waals surface area contributed by atoms with E-state index in [9.17, 15) is 14.3 Å². The van der Waals surface area contributed by atoms with E-state index in [2.05, 4.69) is 20.5 Å². The minimum absolute atomic E-state index is 0.0715. The van der Waals surface area contributed by atoms with Crippen LogP contribution in [0.15, 0.2) is 47.0 Å². The SMILES string of the molecule is CC.Cc1ccc(C2(C)Oc3cccc(C4CCN(Cc5nc(C)c(-c6ncc(C(=O)O)o6)n5CC5CCO5)CC4)c3O2)c(F)c1. The number of fused-ring (bicyclic) bond motifs is 1. The first-order valence-electron chi connectivity index (χ1n) is 16.1. The number of ether oxygens (including phenoxy) is 3. The van der Waals surface area contributed by atoms with Gasteiger partial charge in [0.15, 0.2) is 11.5 Å². The minimum Gasteiger partial charge on any atom is -0.475 e. The number of imidazole rings is 1. The van der Waals surface area contributed by atoms with E-state index in [0.29, 0.717) is 35.8 Å². The Morgan fingerprint density at radius 2 is 1.87 bits per heavy atom. The van der Waals surface area contributed by atoms with Gasteiger partial charge >= 0.3 is 5.97 Å². The Kier molecular flexibility index (Phi) is 8.89. The second-order valence-corrected chi connectivity index (χ2v) is 12.0. The second-order valence-electron chi connectivity index (χ2n) is 12.0. The number of carboxylic acids is 1. The van der Waals surface area contributed by atoms with Gasteiger partial charge in [-0.2, -0.15) is 0 Å². The molecular weight excluding hydrogens is 591 g/mol. The van der Waals surface area contributed by atoms with Crippen molar-refractivity contribution >= 4 is 5.97 Å². The molecule has 7 rings (SSSR count). The molecule has 0 radical (unpaired) electrons. The van der Waals surface area contributed by atoms with E-state index < -0.39 is 11.8 Å². The van der Waals surface area contributed by atoms with Gasteiger partial charge in [-0.15, -0.1) is 0 Å². The zero-order valence-corrected chi connectivity index (χ0v) is 27.0. The summed E-state index contributed by atoms with van der Waals surface area (Å²) in [5.41, 5.74) is 3.72. The zero-order valence-electron chi connectivity index (χ0n) is 27.0. The number of hydrogen-bond donors (Lipinski definition) is 1. The normalized spacial score (nSPS) is 21.0. The molecule has 0 saturated carbocycles. The lowest BCUT2D eigenvalue weighted by Crippen LogP contribution is -2.35. The van der Waals surface area contributed by atoms with Crippen LogP contribution in [0.5, 0.6) is 11.5 Å². The van der Waals surface area contributed by atoms with Gasteiger partial charge < -0.3 is 28.3 Å². The number of piperidine rings is 1. The average Bonchev–Trinajstić information content (AvgIpc) is 3.71. The van der Waals surface area contributed by atoms with Crippen molar-refractivity contribution in [2.45, 2.75) is 84.8 Å². The van der Waals surface area contributed by atoms with Gasteiger partial charge in [0.1, 0.15) is 17.3 Å². The van der Waals surface area contributed by atoms with E-state index in [-0.39, 0.29) is 29.5 Å². The van der Waals surface area contributed by atoms with Gasteiger partial charge in [-0.1, -0.05) is 32.0 Å². The van der Waals surface area contributed by atoms with E-state index in [1.165, 1.54) is 12.3 Å². The van der Waals surface area contributed by atoms with Crippen molar-refractivity contribution in [2.24, 2.45) is 0 Å². The number of para-hydroxylation sites is 1. The highest BCUT2D eigenvalue weighted by Gasteiger charge is 2.43. The van der Waals surface area contributed by atoms with Crippen LogP contribution in [0.4, 0.5) is 4.39 Å². The highest BCUT2D eigenvalue weighted by Crippen LogP contribution is 2.49. The number of aryl methyl sites for hydroxylation is 2. The van der Waals surface area contributed by atoms with Crippen LogP contribution in [-0.4, -0.2) is 56.3 Å². The number of hydrogen-bond acceptors (Lipinski definition) is 8. The fourth-order valence-corrected chi connectivity index (χ4v) is 6.50. The Morgan fingerprint density at radius 1 is 1.11 bits per heavy atom. The lowest BCUT2D eigenvalue weighted by molar-refractivity contribution is -0.0712. The summed E-state index contributed by atoms with van der Waals surface area (Å²) < 4.78 is 40.9. The molecule has 2 unspecified atom stereocenters. The van der Waals surface area contributed by atoms with Gasteiger partial charge in [0.05, 0.1) is 36.6 Å². The molecule has 2 fully saturated rings. The molecule has 0 spiro atoms. The van der Waals surface area contributed by atoms with Crippen LogP contribution in [0.1, 0.15) is 84.7 Å². The van der Waals surface area contributed by atoms with E-state index >= 15 is 0 Å². The first-order valence-corrected chi connectivity index (χ1v) is 16.1. The van der Waals surface area contributed by atoms with Gasteiger partial charge in [0.2, 0.25) is 11.7 Å². The summed E-state index contributed by atoms with van der Waals surface area (Å²) in [5.74, 6) is -0.249. The van der Waals surface area contributed by atoms with Gasteiger partial charge in [0.25, 0.3) is 5.79 Å². The Hall–Kier alpha value is -4.22. The van der Waals surface area contributed by atoms with Crippen LogP contribution in [-0.2, 0) is 23.6 Å². The Balaban J connectivity index is 0.00000182. The Labute approximate surface area is 268 Å². The summed E-state index contributed by atoms with van der Waals surface area (Å²) in [4.78, 5) is 22.9. The topological polar surface area (TPSA) is 112 Å². The van der Waals surface area contributed by atoms with E-state index in [1.54, 1.807) is 13.0 Å².